The van der Waals surface area contributed by atoms with Gasteiger partial charge in [0.25, 0.3) is 5.65 Å². The molecule has 0 amide bonds. The second kappa shape index (κ2) is 9.29. The fourth-order valence-electron chi connectivity index (χ4n) is 7.92. The molecule has 10 rings (SSSR count). The molecule has 1 atom stereocenters. The van der Waals surface area contributed by atoms with Crippen LogP contribution in [0.1, 0.15) is 22.7 Å². The van der Waals surface area contributed by atoms with Gasteiger partial charge >= 0.3 is 0 Å². The highest BCUT2D eigenvalue weighted by Gasteiger charge is 2.49. The summed E-state index contributed by atoms with van der Waals surface area (Å²) in [5.41, 5.74) is 13.1. The average Bonchev–Trinajstić information content (AvgIpc) is 3.79. The number of para-hydroxylation sites is 1. The zero-order valence-electron chi connectivity index (χ0n) is 25.6. The van der Waals surface area contributed by atoms with Crippen LogP contribution in [0.2, 0.25) is 0 Å². The topological polar surface area (TPSA) is 26.8 Å². The SMILES string of the molecule is Cc1cc2c3c(c1-c1ccc(-c4ccccc4)cc1)-n1ccc[n+]1C3c1c(cccc1-n1c3ccccc3c3ccc[n+](C)c31)O2. The van der Waals surface area contributed by atoms with Gasteiger partial charge in [-0.3, -0.25) is 0 Å². The highest BCUT2D eigenvalue weighted by atomic mass is 16.5. The maximum atomic E-state index is 6.86. The summed E-state index contributed by atoms with van der Waals surface area (Å²) in [6.07, 6.45) is 6.51. The molecule has 0 radical (unpaired) electrons. The van der Waals surface area contributed by atoms with Crippen LogP contribution in [-0.2, 0) is 7.05 Å². The molecule has 0 bridgehead atoms. The van der Waals surface area contributed by atoms with Crippen molar-refractivity contribution in [1.82, 2.24) is 9.25 Å². The van der Waals surface area contributed by atoms with E-state index in [-0.39, 0.29) is 6.04 Å². The Kier molecular flexibility index (Phi) is 5.13. The van der Waals surface area contributed by atoms with Gasteiger partial charge in [0.05, 0.1) is 24.8 Å². The highest BCUT2D eigenvalue weighted by molar-refractivity contribution is 6.07. The number of aromatic nitrogens is 4. The lowest BCUT2D eigenvalue weighted by Gasteiger charge is -2.24. The zero-order valence-corrected chi connectivity index (χ0v) is 25.6. The molecule has 46 heavy (non-hydrogen) atoms. The molecule has 2 aliphatic heterocycles. The van der Waals surface area contributed by atoms with Gasteiger partial charge in [-0.05, 0) is 71.6 Å². The number of benzene rings is 5. The van der Waals surface area contributed by atoms with E-state index in [1.165, 1.54) is 60.9 Å². The number of hydrogen-bond donors (Lipinski definition) is 0. The van der Waals surface area contributed by atoms with E-state index in [1.54, 1.807) is 0 Å². The Bertz CT molecular complexity index is 2520. The largest absolute Gasteiger partial charge is 0.456 e. The van der Waals surface area contributed by atoms with E-state index in [2.05, 4.69) is 172 Å². The van der Waals surface area contributed by atoms with E-state index in [1.807, 2.05) is 0 Å². The standard InChI is InChI=1S/C41H30N4O/c1-26-25-35-38-39(36(26)29-20-18-28(19-21-29)27-11-4-3-5-12-27)43-23-10-24-44(43)40(38)37-33(16-8-17-34(37)46-35)45-32-15-7-6-13-30(32)31-14-9-22-42(2)41(31)45/h3-25,40H,1-2H3/q+2. The molecule has 5 heteroatoms. The summed E-state index contributed by atoms with van der Waals surface area (Å²) in [6.45, 7) is 2.20. The van der Waals surface area contributed by atoms with Gasteiger partial charge in [-0.2, -0.15) is 4.57 Å². The first-order chi connectivity index (χ1) is 22.7. The van der Waals surface area contributed by atoms with Crippen LogP contribution < -0.4 is 14.0 Å². The summed E-state index contributed by atoms with van der Waals surface area (Å²) < 4.78 is 16.2. The fourth-order valence-corrected chi connectivity index (χ4v) is 7.92. The van der Waals surface area contributed by atoms with E-state index < -0.39 is 0 Å². The Morgan fingerprint density at radius 2 is 1.41 bits per heavy atom. The van der Waals surface area contributed by atoms with Crippen LogP contribution in [0, 0.1) is 6.92 Å². The van der Waals surface area contributed by atoms with E-state index in [0.29, 0.717) is 0 Å². The number of ether oxygens (including phenoxy) is 1. The Morgan fingerprint density at radius 3 is 2.28 bits per heavy atom. The lowest BCUT2D eigenvalue weighted by atomic mass is 9.87. The monoisotopic (exact) mass is 594 g/mol. The van der Waals surface area contributed by atoms with Crippen LogP contribution in [-0.4, -0.2) is 9.25 Å². The van der Waals surface area contributed by atoms with E-state index in [4.69, 9.17) is 4.74 Å². The number of aryl methyl sites for hydroxylation is 2. The average molecular weight is 595 g/mol. The van der Waals surface area contributed by atoms with Crippen molar-refractivity contribution < 1.29 is 14.0 Å². The lowest BCUT2D eigenvalue weighted by Crippen LogP contribution is -2.43. The van der Waals surface area contributed by atoms with Crippen molar-refractivity contribution in [3.8, 4) is 45.1 Å². The second-order valence-electron chi connectivity index (χ2n) is 12.4. The van der Waals surface area contributed by atoms with Crippen LogP contribution in [0.25, 0.3) is 55.6 Å². The van der Waals surface area contributed by atoms with Gasteiger partial charge in [0.1, 0.15) is 39.5 Å². The normalized spacial score (nSPS) is 14.3. The number of fused-ring (bicyclic) bond motifs is 8. The van der Waals surface area contributed by atoms with Crippen LogP contribution in [0.5, 0.6) is 11.5 Å². The minimum Gasteiger partial charge on any atom is -0.456 e. The Hall–Kier alpha value is -5.94. The molecule has 218 valence electrons. The summed E-state index contributed by atoms with van der Waals surface area (Å²) >= 11 is 0. The zero-order chi connectivity index (χ0) is 30.5. The van der Waals surface area contributed by atoms with Crippen molar-refractivity contribution >= 4 is 21.9 Å². The van der Waals surface area contributed by atoms with Crippen LogP contribution >= 0.6 is 0 Å². The number of nitrogens with zero attached hydrogens (tertiary/aromatic N) is 4. The molecule has 1 unspecified atom stereocenters. The van der Waals surface area contributed by atoms with Crippen molar-refractivity contribution in [3.05, 3.63) is 157 Å². The number of rotatable bonds is 3. The molecule has 0 fully saturated rings. The van der Waals surface area contributed by atoms with Crippen molar-refractivity contribution in [1.29, 1.82) is 0 Å². The minimum atomic E-state index is -0.0480. The Balaban J connectivity index is 1.23. The Morgan fingerprint density at radius 1 is 0.652 bits per heavy atom. The quantitative estimate of drug-likeness (QED) is 0.189. The van der Waals surface area contributed by atoms with E-state index >= 15 is 0 Å². The first kappa shape index (κ1) is 25.4. The van der Waals surface area contributed by atoms with Crippen LogP contribution in [0.15, 0.2) is 140 Å². The van der Waals surface area contributed by atoms with Crippen molar-refractivity contribution in [3.63, 3.8) is 0 Å². The first-order valence-electron chi connectivity index (χ1n) is 15.8. The van der Waals surface area contributed by atoms with Crippen molar-refractivity contribution in [2.45, 2.75) is 13.0 Å². The summed E-state index contributed by atoms with van der Waals surface area (Å²) in [5, 5.41) is 2.47. The number of hydrogen-bond acceptors (Lipinski definition) is 1. The fraction of sp³-hybridized carbons (Fsp3) is 0.0732. The predicted octanol–water partition coefficient (Wildman–Crippen LogP) is 8.39. The van der Waals surface area contributed by atoms with Gasteiger partial charge in [-0.25, -0.2) is 4.57 Å². The summed E-state index contributed by atoms with van der Waals surface area (Å²) in [7, 11) is 2.13. The molecule has 5 aromatic carbocycles. The van der Waals surface area contributed by atoms with Gasteiger partial charge in [0, 0.05) is 17.0 Å². The van der Waals surface area contributed by atoms with Crippen LogP contribution in [0.4, 0.5) is 0 Å². The predicted molar refractivity (Wildman–Crippen MR) is 181 cm³/mol. The molecule has 0 saturated heterocycles. The Labute approximate surface area is 266 Å². The van der Waals surface area contributed by atoms with Gasteiger partial charge in [-0.15, -0.1) is 4.68 Å². The molecule has 0 spiro atoms. The molecule has 5 nitrogen and oxygen atoms in total. The van der Waals surface area contributed by atoms with Crippen molar-refractivity contribution in [2.24, 2.45) is 7.05 Å². The summed E-state index contributed by atoms with van der Waals surface area (Å²) in [5.74, 6) is 1.82. The third-order valence-electron chi connectivity index (χ3n) is 9.83. The molecule has 0 saturated carbocycles. The highest BCUT2D eigenvalue weighted by Crippen LogP contribution is 2.53. The molecule has 8 aromatic rings. The second-order valence-corrected chi connectivity index (χ2v) is 12.4. The summed E-state index contributed by atoms with van der Waals surface area (Å²) in [6, 6.07) is 43.4. The third kappa shape index (κ3) is 3.34. The minimum absolute atomic E-state index is 0.0480. The van der Waals surface area contributed by atoms with Gasteiger partial charge in [0.15, 0.2) is 6.20 Å². The molecular formula is C41H30N4O+2. The molecule has 0 aliphatic carbocycles. The van der Waals surface area contributed by atoms with Gasteiger partial charge in [-0.1, -0.05) is 77.5 Å². The third-order valence-corrected chi connectivity index (χ3v) is 9.83. The maximum absolute atomic E-state index is 6.86. The molecular weight excluding hydrogens is 564 g/mol. The molecule has 3 aromatic heterocycles. The maximum Gasteiger partial charge on any atom is 0.294 e. The van der Waals surface area contributed by atoms with Gasteiger partial charge < -0.3 is 4.74 Å². The molecule has 0 N–H and O–H groups in total. The van der Waals surface area contributed by atoms with E-state index in [9.17, 15) is 0 Å². The molecule has 2 aliphatic rings. The summed E-state index contributed by atoms with van der Waals surface area (Å²) in [4.78, 5) is 0. The molecule has 5 heterocycles. The van der Waals surface area contributed by atoms with Gasteiger partial charge in [0.2, 0.25) is 6.04 Å². The van der Waals surface area contributed by atoms with Crippen molar-refractivity contribution in [2.75, 3.05) is 0 Å². The smallest absolute Gasteiger partial charge is 0.294 e. The number of pyridine rings is 1. The van der Waals surface area contributed by atoms with Crippen LogP contribution in [0.3, 0.4) is 0 Å². The first-order valence-corrected chi connectivity index (χ1v) is 15.8. The lowest BCUT2D eigenvalue weighted by molar-refractivity contribution is -0.766. The van der Waals surface area contributed by atoms with E-state index in [0.717, 1.165) is 22.8 Å².